The van der Waals surface area contributed by atoms with Gasteiger partial charge in [0.15, 0.2) is 18.2 Å². The molecule has 20 heavy (non-hydrogen) atoms. The first-order chi connectivity index (χ1) is 9.56. The van der Waals surface area contributed by atoms with Gasteiger partial charge in [0.05, 0.1) is 10.7 Å². The lowest BCUT2D eigenvalue weighted by atomic mass is 10.3. The highest BCUT2D eigenvalue weighted by atomic mass is 127. The molecule has 3 nitrogen and oxygen atoms in total. The number of carbonyl (C=O) groups is 1. The van der Waals surface area contributed by atoms with Gasteiger partial charge in [0, 0.05) is 3.57 Å². The van der Waals surface area contributed by atoms with Crippen LogP contribution in [0.1, 0.15) is 0 Å². The quantitative estimate of drug-likeness (QED) is 0.778. The summed E-state index contributed by atoms with van der Waals surface area (Å²) in [6.07, 6.45) is 0. The Morgan fingerprint density at radius 3 is 2.75 bits per heavy atom. The van der Waals surface area contributed by atoms with Gasteiger partial charge in [-0.1, -0.05) is 23.7 Å². The molecule has 0 aliphatic rings. The van der Waals surface area contributed by atoms with E-state index in [1.54, 1.807) is 24.3 Å². The normalized spacial score (nSPS) is 10.2. The van der Waals surface area contributed by atoms with Crippen LogP contribution >= 0.6 is 34.2 Å². The molecule has 6 heteroatoms. The number of nitrogens with one attached hydrogen (secondary N) is 1. The van der Waals surface area contributed by atoms with Crippen LogP contribution in [0.15, 0.2) is 42.5 Å². The maximum Gasteiger partial charge on any atom is 0.262 e. The number of amides is 1. The largest absolute Gasteiger partial charge is 0.481 e. The Morgan fingerprint density at radius 1 is 1.30 bits per heavy atom. The molecule has 1 N–H and O–H groups in total. The molecule has 0 aromatic heterocycles. The maximum atomic E-state index is 13.3. The lowest BCUT2D eigenvalue weighted by Crippen LogP contribution is -2.20. The monoisotopic (exact) mass is 405 g/mol. The summed E-state index contributed by atoms with van der Waals surface area (Å²) in [5.41, 5.74) is 0.495. The van der Waals surface area contributed by atoms with Gasteiger partial charge in [-0.05, 0) is 52.9 Å². The van der Waals surface area contributed by atoms with E-state index >= 15 is 0 Å². The van der Waals surface area contributed by atoms with E-state index in [0.29, 0.717) is 10.7 Å². The second-order valence-corrected chi connectivity index (χ2v) is 5.54. The molecular weight excluding hydrogens is 396 g/mol. The average molecular weight is 406 g/mol. The van der Waals surface area contributed by atoms with Crippen molar-refractivity contribution in [3.63, 3.8) is 0 Å². The maximum absolute atomic E-state index is 13.3. The third-order valence-electron chi connectivity index (χ3n) is 2.40. The molecular formula is C14H10ClFINO2. The Bertz CT molecular complexity index is 636. The summed E-state index contributed by atoms with van der Waals surface area (Å²) in [5.74, 6) is -0.875. The van der Waals surface area contributed by atoms with Crippen LogP contribution in [0.25, 0.3) is 0 Å². The van der Waals surface area contributed by atoms with Gasteiger partial charge in [0.25, 0.3) is 5.91 Å². The molecule has 2 rings (SSSR count). The van der Waals surface area contributed by atoms with Crippen molar-refractivity contribution in [2.24, 2.45) is 0 Å². The van der Waals surface area contributed by atoms with Gasteiger partial charge in [-0.25, -0.2) is 4.39 Å². The molecule has 0 saturated carbocycles. The van der Waals surface area contributed by atoms with Crippen LogP contribution in [0, 0.1) is 9.39 Å². The summed E-state index contributed by atoms with van der Waals surface area (Å²) in [6.45, 7) is -0.288. The van der Waals surface area contributed by atoms with Crippen LogP contribution < -0.4 is 10.1 Å². The van der Waals surface area contributed by atoms with Crippen molar-refractivity contribution in [3.05, 3.63) is 56.9 Å². The Morgan fingerprint density at radius 2 is 2.05 bits per heavy atom. The summed E-state index contributed by atoms with van der Waals surface area (Å²) in [4.78, 5) is 11.7. The predicted molar refractivity (Wildman–Crippen MR) is 84.7 cm³/mol. The Labute approximate surface area is 134 Å². The van der Waals surface area contributed by atoms with Crippen molar-refractivity contribution in [3.8, 4) is 5.75 Å². The first kappa shape index (κ1) is 15.1. The van der Waals surface area contributed by atoms with E-state index in [1.807, 2.05) is 6.07 Å². The summed E-state index contributed by atoms with van der Waals surface area (Å²) in [5, 5.41) is 3.05. The highest BCUT2D eigenvalue weighted by Gasteiger charge is 2.08. The highest BCUT2D eigenvalue weighted by molar-refractivity contribution is 14.1. The van der Waals surface area contributed by atoms with Gasteiger partial charge in [0.1, 0.15) is 0 Å². The molecule has 104 valence electrons. The summed E-state index contributed by atoms with van der Waals surface area (Å²) < 4.78 is 19.4. The fourth-order valence-electron chi connectivity index (χ4n) is 1.48. The lowest BCUT2D eigenvalue weighted by molar-refractivity contribution is -0.118. The zero-order chi connectivity index (χ0) is 14.5. The van der Waals surface area contributed by atoms with Crippen molar-refractivity contribution in [1.29, 1.82) is 0 Å². The van der Waals surface area contributed by atoms with E-state index in [1.165, 1.54) is 12.1 Å². The van der Waals surface area contributed by atoms with E-state index in [4.69, 9.17) is 16.3 Å². The summed E-state index contributed by atoms with van der Waals surface area (Å²) in [6, 6.07) is 11.2. The summed E-state index contributed by atoms with van der Waals surface area (Å²) in [7, 11) is 0. The first-order valence-corrected chi connectivity index (χ1v) is 7.14. The molecule has 0 fully saturated rings. The minimum Gasteiger partial charge on any atom is -0.481 e. The third-order valence-corrected chi connectivity index (χ3v) is 3.38. The molecule has 0 saturated heterocycles. The van der Waals surface area contributed by atoms with Gasteiger partial charge < -0.3 is 10.1 Å². The smallest absolute Gasteiger partial charge is 0.262 e. The Kier molecular flexibility index (Phi) is 5.19. The fourth-order valence-corrected chi connectivity index (χ4v) is 2.39. The van der Waals surface area contributed by atoms with Gasteiger partial charge in [-0.15, -0.1) is 0 Å². The molecule has 2 aromatic carbocycles. The molecule has 2 aromatic rings. The zero-order valence-corrected chi connectivity index (χ0v) is 13.1. The van der Waals surface area contributed by atoms with E-state index in [2.05, 4.69) is 27.9 Å². The van der Waals surface area contributed by atoms with E-state index < -0.39 is 11.7 Å². The Balaban J connectivity index is 1.94. The standard InChI is InChI=1S/C14H10ClFINO2/c15-10-7-9(17)5-6-12(10)18-14(19)8-20-13-4-2-1-3-11(13)16/h1-7H,8H2,(H,18,19). The number of para-hydroxylation sites is 1. The number of hydrogen-bond acceptors (Lipinski definition) is 2. The number of anilines is 1. The van der Waals surface area contributed by atoms with E-state index in [0.717, 1.165) is 3.57 Å². The molecule has 0 aliphatic heterocycles. The van der Waals surface area contributed by atoms with Gasteiger partial charge in [-0.3, -0.25) is 4.79 Å². The fraction of sp³-hybridized carbons (Fsp3) is 0.0714. The number of halogens is 3. The topological polar surface area (TPSA) is 38.3 Å². The number of ether oxygens (including phenoxy) is 1. The number of hydrogen-bond donors (Lipinski definition) is 1. The second-order valence-electron chi connectivity index (χ2n) is 3.89. The van der Waals surface area contributed by atoms with Crippen molar-refractivity contribution >= 4 is 45.8 Å². The molecule has 1 amide bonds. The number of benzene rings is 2. The van der Waals surface area contributed by atoms with Crippen LogP contribution in [-0.2, 0) is 4.79 Å². The van der Waals surface area contributed by atoms with Crippen LogP contribution in [0.5, 0.6) is 5.75 Å². The summed E-state index contributed by atoms with van der Waals surface area (Å²) >= 11 is 8.12. The molecule has 0 radical (unpaired) electrons. The van der Waals surface area contributed by atoms with E-state index in [-0.39, 0.29) is 12.4 Å². The third kappa shape index (κ3) is 4.08. The molecule has 0 bridgehead atoms. The second kappa shape index (κ2) is 6.90. The van der Waals surface area contributed by atoms with Crippen LogP contribution in [0.3, 0.4) is 0 Å². The van der Waals surface area contributed by atoms with Crippen molar-refractivity contribution in [2.45, 2.75) is 0 Å². The van der Waals surface area contributed by atoms with Crippen molar-refractivity contribution < 1.29 is 13.9 Å². The molecule has 0 unspecified atom stereocenters. The average Bonchev–Trinajstić information content (AvgIpc) is 2.41. The molecule has 0 heterocycles. The SMILES string of the molecule is O=C(COc1ccccc1F)Nc1ccc(I)cc1Cl. The first-order valence-electron chi connectivity index (χ1n) is 5.68. The van der Waals surface area contributed by atoms with Gasteiger partial charge in [-0.2, -0.15) is 0 Å². The van der Waals surface area contributed by atoms with Gasteiger partial charge in [0.2, 0.25) is 0 Å². The minimum absolute atomic E-state index is 0.0383. The number of carbonyl (C=O) groups excluding carboxylic acids is 1. The van der Waals surface area contributed by atoms with Crippen LogP contribution in [-0.4, -0.2) is 12.5 Å². The van der Waals surface area contributed by atoms with E-state index in [9.17, 15) is 9.18 Å². The zero-order valence-electron chi connectivity index (χ0n) is 10.2. The molecule has 0 spiro atoms. The molecule has 0 atom stereocenters. The van der Waals surface area contributed by atoms with Crippen LogP contribution in [0.2, 0.25) is 5.02 Å². The van der Waals surface area contributed by atoms with Crippen molar-refractivity contribution in [2.75, 3.05) is 11.9 Å². The predicted octanol–water partition coefficient (Wildman–Crippen LogP) is 4.10. The molecule has 0 aliphatic carbocycles. The van der Waals surface area contributed by atoms with Crippen LogP contribution in [0.4, 0.5) is 10.1 Å². The van der Waals surface area contributed by atoms with Gasteiger partial charge >= 0.3 is 0 Å². The number of rotatable bonds is 4. The van der Waals surface area contributed by atoms with Crippen molar-refractivity contribution in [1.82, 2.24) is 0 Å². The Hall–Kier alpha value is -1.34. The lowest BCUT2D eigenvalue weighted by Gasteiger charge is -2.09. The highest BCUT2D eigenvalue weighted by Crippen LogP contribution is 2.23. The minimum atomic E-state index is -0.507.